The Labute approximate surface area is 130 Å². The number of nitrogens with zero attached hydrogens (tertiary/aromatic N) is 3. The largest absolute Gasteiger partial charge is 0.352 e. The van der Waals surface area contributed by atoms with Crippen LogP contribution in [0.2, 0.25) is 0 Å². The molecule has 0 aliphatic carbocycles. The maximum atomic E-state index is 12.2. The minimum Gasteiger partial charge on any atom is -0.352 e. The fraction of sp³-hybridized carbons (Fsp3) is 0.357. The molecule has 1 aromatic heterocycles. The Hall–Kier alpha value is -1.92. The topological polar surface area (TPSA) is 85.8 Å². The van der Waals surface area contributed by atoms with E-state index >= 15 is 0 Å². The standard InChI is InChI=1S/C14H19N5O.ClH/c1-11(15)6-7-17-14(20)13-5-3-2-4-12(13)8-19-10-16-9-18-19;/h2-5,9-11H,6-8,15H2,1H3,(H,17,20);1H. The molecule has 1 atom stereocenters. The number of hydrogen-bond donors (Lipinski definition) is 2. The molecule has 7 heteroatoms. The van der Waals surface area contributed by atoms with Gasteiger partial charge in [-0.1, -0.05) is 18.2 Å². The molecule has 0 fully saturated rings. The van der Waals surface area contributed by atoms with Gasteiger partial charge in [-0.15, -0.1) is 12.4 Å². The predicted octanol–water partition coefficient (Wildman–Crippen LogP) is 1.22. The Morgan fingerprint density at radius 2 is 2.19 bits per heavy atom. The normalized spacial score (nSPS) is 11.5. The van der Waals surface area contributed by atoms with Gasteiger partial charge in [-0.2, -0.15) is 5.10 Å². The summed E-state index contributed by atoms with van der Waals surface area (Å²) in [4.78, 5) is 16.1. The molecule has 0 aliphatic heterocycles. The summed E-state index contributed by atoms with van der Waals surface area (Å²) in [5, 5.41) is 6.94. The first-order valence-corrected chi connectivity index (χ1v) is 6.61. The monoisotopic (exact) mass is 309 g/mol. The lowest BCUT2D eigenvalue weighted by Crippen LogP contribution is -2.29. The fourth-order valence-corrected chi connectivity index (χ4v) is 1.88. The Kier molecular flexibility index (Phi) is 6.84. The summed E-state index contributed by atoms with van der Waals surface area (Å²) in [7, 11) is 0. The van der Waals surface area contributed by atoms with Crippen LogP contribution in [0, 0.1) is 0 Å². The summed E-state index contributed by atoms with van der Waals surface area (Å²) < 4.78 is 1.69. The van der Waals surface area contributed by atoms with Crippen molar-refractivity contribution in [3.63, 3.8) is 0 Å². The molecule has 114 valence electrons. The molecule has 1 aromatic carbocycles. The highest BCUT2D eigenvalue weighted by molar-refractivity contribution is 5.95. The van der Waals surface area contributed by atoms with Crippen LogP contribution in [0.4, 0.5) is 0 Å². The van der Waals surface area contributed by atoms with Gasteiger partial charge >= 0.3 is 0 Å². The maximum absolute atomic E-state index is 12.2. The van der Waals surface area contributed by atoms with Crippen LogP contribution in [0.3, 0.4) is 0 Å². The van der Waals surface area contributed by atoms with Gasteiger partial charge in [-0.25, -0.2) is 9.67 Å². The predicted molar refractivity (Wildman–Crippen MR) is 83.4 cm³/mol. The summed E-state index contributed by atoms with van der Waals surface area (Å²) in [6, 6.07) is 7.58. The molecule has 1 unspecified atom stereocenters. The number of carbonyl (C=O) groups is 1. The highest BCUT2D eigenvalue weighted by Gasteiger charge is 2.11. The van der Waals surface area contributed by atoms with E-state index in [0.29, 0.717) is 18.7 Å². The van der Waals surface area contributed by atoms with E-state index in [9.17, 15) is 4.79 Å². The second kappa shape index (κ2) is 8.39. The number of nitrogens with one attached hydrogen (secondary N) is 1. The SMILES string of the molecule is CC(N)CCNC(=O)c1ccccc1Cn1cncn1.Cl. The first-order chi connectivity index (χ1) is 9.66. The van der Waals surface area contributed by atoms with Crippen molar-refractivity contribution in [1.82, 2.24) is 20.1 Å². The van der Waals surface area contributed by atoms with Crippen LogP contribution < -0.4 is 11.1 Å². The van der Waals surface area contributed by atoms with E-state index in [2.05, 4.69) is 15.4 Å². The molecule has 0 bridgehead atoms. The molecule has 0 saturated carbocycles. The summed E-state index contributed by atoms with van der Waals surface area (Å²) in [5.41, 5.74) is 7.24. The molecule has 6 nitrogen and oxygen atoms in total. The average Bonchev–Trinajstić information content (AvgIpc) is 2.91. The third-order valence-electron chi connectivity index (χ3n) is 2.95. The average molecular weight is 310 g/mol. The highest BCUT2D eigenvalue weighted by atomic mass is 35.5. The van der Waals surface area contributed by atoms with E-state index in [4.69, 9.17) is 5.73 Å². The summed E-state index contributed by atoms with van der Waals surface area (Å²) in [5.74, 6) is -0.0821. The molecule has 0 spiro atoms. The molecule has 2 aromatic rings. The Bertz CT molecular complexity index is 556. The van der Waals surface area contributed by atoms with Gasteiger partial charge in [-0.05, 0) is 25.0 Å². The highest BCUT2D eigenvalue weighted by Crippen LogP contribution is 2.10. The quantitative estimate of drug-likeness (QED) is 0.840. The zero-order valence-electron chi connectivity index (χ0n) is 11.9. The van der Waals surface area contributed by atoms with Crippen molar-refractivity contribution in [1.29, 1.82) is 0 Å². The van der Waals surface area contributed by atoms with Crippen molar-refractivity contribution >= 4 is 18.3 Å². The number of benzene rings is 1. The number of nitrogens with two attached hydrogens (primary N) is 1. The van der Waals surface area contributed by atoms with Crippen LogP contribution in [-0.2, 0) is 6.54 Å². The number of carbonyl (C=O) groups excluding carboxylic acids is 1. The van der Waals surface area contributed by atoms with Gasteiger partial charge in [0.2, 0.25) is 0 Å². The minimum absolute atomic E-state index is 0. The van der Waals surface area contributed by atoms with Crippen LogP contribution in [0.25, 0.3) is 0 Å². The van der Waals surface area contributed by atoms with Gasteiger partial charge in [0.1, 0.15) is 12.7 Å². The van der Waals surface area contributed by atoms with Gasteiger partial charge in [0.15, 0.2) is 0 Å². The number of halogens is 1. The van der Waals surface area contributed by atoms with Gasteiger partial charge in [-0.3, -0.25) is 4.79 Å². The summed E-state index contributed by atoms with van der Waals surface area (Å²) in [6.45, 7) is 3.02. The lowest BCUT2D eigenvalue weighted by atomic mass is 10.1. The minimum atomic E-state index is -0.0821. The van der Waals surface area contributed by atoms with Crippen molar-refractivity contribution in [2.45, 2.75) is 25.9 Å². The van der Waals surface area contributed by atoms with Gasteiger partial charge in [0.25, 0.3) is 5.91 Å². The van der Waals surface area contributed by atoms with E-state index in [-0.39, 0.29) is 24.4 Å². The van der Waals surface area contributed by atoms with E-state index < -0.39 is 0 Å². The van der Waals surface area contributed by atoms with Crippen molar-refractivity contribution < 1.29 is 4.79 Å². The van der Waals surface area contributed by atoms with Crippen molar-refractivity contribution in [3.05, 3.63) is 48.0 Å². The van der Waals surface area contributed by atoms with E-state index in [1.807, 2.05) is 31.2 Å². The summed E-state index contributed by atoms with van der Waals surface area (Å²) >= 11 is 0. The van der Waals surface area contributed by atoms with Crippen LogP contribution in [0.5, 0.6) is 0 Å². The number of hydrogen-bond acceptors (Lipinski definition) is 4. The van der Waals surface area contributed by atoms with Crippen molar-refractivity contribution in [3.8, 4) is 0 Å². The van der Waals surface area contributed by atoms with Gasteiger partial charge in [0.05, 0.1) is 6.54 Å². The van der Waals surface area contributed by atoms with Crippen LogP contribution in [-0.4, -0.2) is 33.3 Å². The van der Waals surface area contributed by atoms with Crippen LogP contribution in [0.1, 0.15) is 29.3 Å². The molecule has 3 N–H and O–H groups in total. The van der Waals surface area contributed by atoms with Gasteiger partial charge < -0.3 is 11.1 Å². The molecular weight excluding hydrogens is 290 g/mol. The second-order valence-electron chi connectivity index (χ2n) is 4.77. The maximum Gasteiger partial charge on any atom is 0.251 e. The smallest absolute Gasteiger partial charge is 0.251 e. The Balaban J connectivity index is 0.00000220. The first kappa shape index (κ1) is 17.1. The van der Waals surface area contributed by atoms with Crippen molar-refractivity contribution in [2.75, 3.05) is 6.54 Å². The lowest BCUT2D eigenvalue weighted by Gasteiger charge is -2.11. The third-order valence-corrected chi connectivity index (χ3v) is 2.95. The van der Waals surface area contributed by atoms with E-state index in [1.54, 1.807) is 11.0 Å². The number of aromatic nitrogens is 3. The van der Waals surface area contributed by atoms with Crippen LogP contribution >= 0.6 is 12.4 Å². The number of amides is 1. The molecular formula is C14H20ClN5O. The molecule has 2 rings (SSSR count). The lowest BCUT2D eigenvalue weighted by molar-refractivity contribution is 0.0951. The Morgan fingerprint density at radius 1 is 1.43 bits per heavy atom. The molecule has 1 heterocycles. The van der Waals surface area contributed by atoms with E-state index in [1.165, 1.54) is 6.33 Å². The zero-order chi connectivity index (χ0) is 14.4. The van der Waals surface area contributed by atoms with Crippen LogP contribution in [0.15, 0.2) is 36.9 Å². The molecule has 1 amide bonds. The molecule has 21 heavy (non-hydrogen) atoms. The zero-order valence-corrected chi connectivity index (χ0v) is 12.7. The third kappa shape index (κ3) is 5.17. The summed E-state index contributed by atoms with van der Waals surface area (Å²) in [6.07, 6.45) is 3.87. The molecule has 0 radical (unpaired) electrons. The van der Waals surface area contributed by atoms with E-state index in [0.717, 1.165) is 12.0 Å². The first-order valence-electron chi connectivity index (χ1n) is 6.61. The Morgan fingerprint density at radius 3 is 2.86 bits per heavy atom. The fourth-order valence-electron chi connectivity index (χ4n) is 1.88. The second-order valence-corrected chi connectivity index (χ2v) is 4.77. The number of rotatable bonds is 6. The molecule has 0 aliphatic rings. The van der Waals surface area contributed by atoms with Gasteiger partial charge in [0, 0.05) is 18.2 Å². The van der Waals surface area contributed by atoms with Crippen molar-refractivity contribution in [2.24, 2.45) is 5.73 Å². The molecule has 0 saturated heterocycles.